The minimum absolute atomic E-state index is 0.00221. The first-order valence-electron chi connectivity index (χ1n) is 15.3. The molecule has 3 aliphatic heterocycles. The third kappa shape index (κ3) is 5.14. The molecule has 0 radical (unpaired) electrons. The van der Waals surface area contributed by atoms with Crippen LogP contribution >= 0.6 is 0 Å². The lowest BCUT2D eigenvalue weighted by Crippen LogP contribution is -2.43. The molecule has 2 fully saturated rings. The van der Waals surface area contributed by atoms with Crippen molar-refractivity contribution < 1.29 is 35.8 Å². The quantitative estimate of drug-likeness (QED) is 0.207. The number of pyridine rings is 1. The molecule has 0 aliphatic carbocycles. The standard InChI is InChI=1S/C31H31F6N9O2/c1-14-21(31(35,36)37)17(8-19(38)22(14)33)24-23(34)25-20-27(44-29(43-25)48-12-30-4-3-5-45(30)11-16(32)9-30)46(6-7-47-28(20)42-24)15(2)18-10-40-13-41-26(18)39/h8,10,13,15-16H,3-7,9,11-12,38H2,1-2H3,(H2,39,40,41)/t15-,16-,30+/m1/s1. The van der Waals surface area contributed by atoms with Gasteiger partial charge in [0.2, 0.25) is 5.88 Å². The van der Waals surface area contributed by atoms with Gasteiger partial charge in [0.15, 0.2) is 5.82 Å². The summed E-state index contributed by atoms with van der Waals surface area (Å²) in [5.74, 6) is -2.49. The lowest BCUT2D eigenvalue weighted by Gasteiger charge is -2.32. The molecule has 3 aromatic heterocycles. The third-order valence-corrected chi connectivity index (χ3v) is 9.54. The molecule has 3 atom stereocenters. The number of halogens is 6. The Bertz CT molecular complexity index is 1930. The van der Waals surface area contributed by atoms with E-state index in [2.05, 4.69) is 24.9 Å². The van der Waals surface area contributed by atoms with E-state index in [0.717, 1.165) is 13.3 Å². The number of hydrogen-bond acceptors (Lipinski definition) is 11. The molecule has 3 aliphatic rings. The van der Waals surface area contributed by atoms with Gasteiger partial charge in [0.05, 0.1) is 29.4 Å². The van der Waals surface area contributed by atoms with Gasteiger partial charge in [-0.05, 0) is 44.9 Å². The first kappa shape index (κ1) is 31.9. The van der Waals surface area contributed by atoms with Crippen LogP contribution in [0.5, 0.6) is 11.9 Å². The number of nitrogen functional groups attached to an aromatic ring is 2. The number of benzene rings is 1. The number of aromatic nitrogens is 5. The molecule has 48 heavy (non-hydrogen) atoms. The molecule has 1 aromatic carbocycles. The Morgan fingerprint density at radius 1 is 1.15 bits per heavy atom. The predicted molar refractivity (Wildman–Crippen MR) is 163 cm³/mol. The molecule has 7 rings (SSSR count). The van der Waals surface area contributed by atoms with Gasteiger partial charge in [-0.15, -0.1) is 0 Å². The van der Waals surface area contributed by atoms with E-state index in [9.17, 15) is 22.0 Å². The summed E-state index contributed by atoms with van der Waals surface area (Å²) < 4.78 is 101. The summed E-state index contributed by atoms with van der Waals surface area (Å²) in [5.41, 5.74) is 6.89. The molecule has 2 saturated heterocycles. The zero-order chi connectivity index (χ0) is 34.1. The summed E-state index contributed by atoms with van der Waals surface area (Å²) in [7, 11) is 0. The minimum Gasteiger partial charge on any atom is -0.475 e. The molecule has 0 bridgehead atoms. The van der Waals surface area contributed by atoms with Gasteiger partial charge >= 0.3 is 12.2 Å². The molecule has 0 spiro atoms. The fourth-order valence-corrected chi connectivity index (χ4v) is 7.24. The van der Waals surface area contributed by atoms with E-state index >= 15 is 4.39 Å². The maximum atomic E-state index is 16.8. The molecule has 254 valence electrons. The Morgan fingerprint density at radius 2 is 1.94 bits per heavy atom. The van der Waals surface area contributed by atoms with Crippen LogP contribution in [0.25, 0.3) is 22.2 Å². The van der Waals surface area contributed by atoms with E-state index in [-0.39, 0.29) is 61.6 Å². The summed E-state index contributed by atoms with van der Waals surface area (Å²) in [6.45, 7) is 3.76. The van der Waals surface area contributed by atoms with Crippen LogP contribution in [-0.4, -0.2) is 74.4 Å². The largest absolute Gasteiger partial charge is 0.475 e. The molecule has 6 heterocycles. The van der Waals surface area contributed by atoms with Crippen LogP contribution in [0.4, 0.5) is 43.7 Å². The molecule has 0 saturated carbocycles. The molecular weight excluding hydrogens is 644 g/mol. The zero-order valence-electron chi connectivity index (χ0n) is 25.9. The highest BCUT2D eigenvalue weighted by molar-refractivity contribution is 5.97. The molecular formula is C31H31F6N9O2. The van der Waals surface area contributed by atoms with Crippen molar-refractivity contribution >= 4 is 28.2 Å². The average molecular weight is 676 g/mol. The Kier molecular flexibility index (Phi) is 7.64. The fourth-order valence-electron chi connectivity index (χ4n) is 7.24. The lowest BCUT2D eigenvalue weighted by molar-refractivity contribution is -0.137. The lowest BCUT2D eigenvalue weighted by atomic mass is 9.95. The predicted octanol–water partition coefficient (Wildman–Crippen LogP) is 5.17. The van der Waals surface area contributed by atoms with Gasteiger partial charge in [-0.1, -0.05) is 0 Å². The topological polar surface area (TPSA) is 141 Å². The van der Waals surface area contributed by atoms with Crippen molar-refractivity contribution in [2.45, 2.75) is 57.0 Å². The molecule has 17 heteroatoms. The molecule has 4 N–H and O–H groups in total. The summed E-state index contributed by atoms with van der Waals surface area (Å²) in [6, 6.07) is -0.152. The number of alkyl halides is 4. The number of fused-ring (bicyclic) bond motifs is 1. The normalized spacial score (nSPS) is 21.7. The third-order valence-electron chi connectivity index (χ3n) is 9.54. The second-order valence-corrected chi connectivity index (χ2v) is 12.4. The summed E-state index contributed by atoms with van der Waals surface area (Å²) in [6.07, 6.45) is -1.55. The van der Waals surface area contributed by atoms with Crippen molar-refractivity contribution in [2.24, 2.45) is 0 Å². The molecule has 11 nitrogen and oxygen atoms in total. The van der Waals surface area contributed by atoms with Crippen molar-refractivity contribution in [1.29, 1.82) is 0 Å². The van der Waals surface area contributed by atoms with Crippen LogP contribution in [0.1, 0.15) is 48.9 Å². The van der Waals surface area contributed by atoms with Gasteiger partial charge < -0.3 is 25.8 Å². The second-order valence-electron chi connectivity index (χ2n) is 12.4. The second kappa shape index (κ2) is 11.5. The van der Waals surface area contributed by atoms with Crippen molar-refractivity contribution in [2.75, 3.05) is 49.2 Å². The van der Waals surface area contributed by atoms with Crippen LogP contribution in [0.2, 0.25) is 0 Å². The van der Waals surface area contributed by atoms with E-state index in [1.165, 1.54) is 12.5 Å². The SMILES string of the molecule is Cc1c(F)c(N)cc(-c2nc3c4c(nc(OC[C@@]56CCCN5C[C@H](F)C6)nc4c2F)N([C@H](C)c2cncnc2N)CCO3)c1C(F)(F)F. The smallest absolute Gasteiger partial charge is 0.417 e. The highest BCUT2D eigenvalue weighted by atomic mass is 19.4. The van der Waals surface area contributed by atoms with Crippen molar-refractivity contribution in [3.8, 4) is 23.1 Å². The van der Waals surface area contributed by atoms with Gasteiger partial charge in [-0.3, -0.25) is 4.90 Å². The average Bonchev–Trinajstić information content (AvgIpc) is 3.49. The maximum absolute atomic E-state index is 16.8. The summed E-state index contributed by atoms with van der Waals surface area (Å²) in [4.78, 5) is 25.1. The monoisotopic (exact) mass is 675 g/mol. The van der Waals surface area contributed by atoms with E-state index in [0.29, 0.717) is 24.6 Å². The Labute approximate surface area is 270 Å². The van der Waals surface area contributed by atoms with Gasteiger partial charge in [0, 0.05) is 30.3 Å². The maximum Gasteiger partial charge on any atom is 0.417 e. The Hall–Kier alpha value is -4.67. The Morgan fingerprint density at radius 3 is 2.69 bits per heavy atom. The number of nitrogens with zero attached hydrogens (tertiary/aromatic N) is 7. The highest BCUT2D eigenvalue weighted by Gasteiger charge is 2.49. The molecule has 4 aromatic rings. The van der Waals surface area contributed by atoms with Crippen LogP contribution in [0.15, 0.2) is 18.6 Å². The summed E-state index contributed by atoms with van der Waals surface area (Å²) >= 11 is 0. The van der Waals surface area contributed by atoms with Crippen LogP contribution < -0.4 is 25.8 Å². The van der Waals surface area contributed by atoms with E-state index in [1.807, 2.05) is 4.90 Å². The highest BCUT2D eigenvalue weighted by Crippen LogP contribution is 2.47. The van der Waals surface area contributed by atoms with E-state index < -0.39 is 69.2 Å². The number of anilines is 3. The summed E-state index contributed by atoms with van der Waals surface area (Å²) in [5, 5.41) is -0.0333. The van der Waals surface area contributed by atoms with Gasteiger partial charge in [0.25, 0.3) is 0 Å². The van der Waals surface area contributed by atoms with Crippen molar-refractivity contribution in [3.63, 3.8) is 0 Å². The minimum atomic E-state index is -5.09. The van der Waals surface area contributed by atoms with Crippen LogP contribution in [0, 0.1) is 18.6 Å². The van der Waals surface area contributed by atoms with Crippen LogP contribution in [0.3, 0.4) is 0 Å². The van der Waals surface area contributed by atoms with E-state index in [4.69, 9.17) is 20.9 Å². The number of ether oxygens (including phenoxy) is 2. The van der Waals surface area contributed by atoms with Gasteiger partial charge in [0.1, 0.15) is 59.8 Å². The molecule has 0 amide bonds. The van der Waals surface area contributed by atoms with Crippen molar-refractivity contribution in [3.05, 3.63) is 46.9 Å². The van der Waals surface area contributed by atoms with Gasteiger partial charge in [-0.2, -0.15) is 23.1 Å². The number of nitrogens with two attached hydrogens (primary N) is 2. The Balaban J connectivity index is 1.44. The number of hydrogen-bond donors (Lipinski definition) is 2. The zero-order valence-corrected chi connectivity index (χ0v) is 25.9. The number of rotatable bonds is 6. The van der Waals surface area contributed by atoms with E-state index in [1.54, 1.807) is 11.8 Å². The first-order valence-corrected chi connectivity index (χ1v) is 15.3. The van der Waals surface area contributed by atoms with Crippen molar-refractivity contribution in [1.82, 2.24) is 29.8 Å². The van der Waals surface area contributed by atoms with Crippen LogP contribution in [-0.2, 0) is 6.18 Å². The fraction of sp³-hybridized carbons (Fsp3) is 0.452. The first-order chi connectivity index (χ1) is 22.8. The van der Waals surface area contributed by atoms with Gasteiger partial charge in [-0.25, -0.2) is 28.1 Å². The molecule has 0 unspecified atom stereocenters.